The van der Waals surface area contributed by atoms with E-state index in [4.69, 9.17) is 0 Å². The molecule has 2 aromatic carbocycles. The number of esters is 1. The van der Waals surface area contributed by atoms with Gasteiger partial charge in [-0.2, -0.15) is 0 Å². The fourth-order valence-electron chi connectivity index (χ4n) is 2.10. The van der Waals surface area contributed by atoms with E-state index in [2.05, 4.69) is 10.1 Å². The van der Waals surface area contributed by atoms with Crippen LogP contribution < -0.4 is 5.32 Å². The van der Waals surface area contributed by atoms with Gasteiger partial charge in [-0.3, -0.25) is 10.1 Å². The molecule has 114 valence electrons. The van der Waals surface area contributed by atoms with E-state index in [9.17, 15) is 14.9 Å². The Balaban J connectivity index is 2.23. The summed E-state index contributed by atoms with van der Waals surface area (Å²) in [6.07, 6.45) is 0. The van der Waals surface area contributed by atoms with Crippen LogP contribution in [0.2, 0.25) is 0 Å². The third-order valence-corrected chi connectivity index (χ3v) is 3.18. The van der Waals surface area contributed by atoms with Crippen LogP contribution in [-0.2, 0) is 11.3 Å². The highest BCUT2D eigenvalue weighted by atomic mass is 16.6. The van der Waals surface area contributed by atoms with E-state index in [1.807, 2.05) is 31.2 Å². The van der Waals surface area contributed by atoms with Crippen LogP contribution >= 0.6 is 0 Å². The van der Waals surface area contributed by atoms with Crippen LogP contribution in [0.1, 0.15) is 21.5 Å². The van der Waals surface area contributed by atoms with Crippen molar-refractivity contribution in [3.8, 4) is 0 Å². The van der Waals surface area contributed by atoms with Gasteiger partial charge in [-0.1, -0.05) is 29.8 Å². The number of aryl methyl sites for hydroxylation is 1. The van der Waals surface area contributed by atoms with Crippen molar-refractivity contribution in [3.63, 3.8) is 0 Å². The number of methoxy groups -OCH3 is 1. The number of nitro benzene ring substituents is 1. The van der Waals surface area contributed by atoms with Gasteiger partial charge in [0.15, 0.2) is 0 Å². The molecule has 0 atom stereocenters. The summed E-state index contributed by atoms with van der Waals surface area (Å²) in [5, 5.41) is 14.2. The fourth-order valence-corrected chi connectivity index (χ4v) is 2.10. The quantitative estimate of drug-likeness (QED) is 0.520. The van der Waals surface area contributed by atoms with E-state index in [1.54, 1.807) is 0 Å². The summed E-state index contributed by atoms with van der Waals surface area (Å²) in [6, 6.07) is 12.1. The smallest absolute Gasteiger partial charge is 0.338 e. The summed E-state index contributed by atoms with van der Waals surface area (Å²) in [6.45, 7) is 2.44. The number of hydrogen-bond donors (Lipinski definition) is 1. The maximum atomic E-state index is 11.5. The van der Waals surface area contributed by atoms with Gasteiger partial charge in [0, 0.05) is 12.6 Å². The van der Waals surface area contributed by atoms with Crippen molar-refractivity contribution < 1.29 is 14.5 Å². The Kier molecular flexibility index (Phi) is 4.73. The molecule has 0 fully saturated rings. The monoisotopic (exact) mass is 300 g/mol. The summed E-state index contributed by atoms with van der Waals surface area (Å²) < 4.78 is 4.57. The molecule has 0 radical (unpaired) electrons. The Hall–Kier alpha value is -2.89. The minimum Gasteiger partial charge on any atom is -0.465 e. The summed E-state index contributed by atoms with van der Waals surface area (Å²) in [4.78, 5) is 22.1. The molecule has 0 heterocycles. The number of benzene rings is 2. The zero-order valence-electron chi connectivity index (χ0n) is 12.3. The van der Waals surface area contributed by atoms with Gasteiger partial charge in [0.2, 0.25) is 0 Å². The number of nitrogens with one attached hydrogen (secondary N) is 1. The number of hydrogen-bond acceptors (Lipinski definition) is 5. The molecular weight excluding hydrogens is 284 g/mol. The Morgan fingerprint density at radius 1 is 1.27 bits per heavy atom. The van der Waals surface area contributed by atoms with Crippen molar-refractivity contribution >= 4 is 17.3 Å². The van der Waals surface area contributed by atoms with Gasteiger partial charge in [0.05, 0.1) is 17.6 Å². The summed E-state index contributed by atoms with van der Waals surface area (Å²) in [5.41, 5.74) is 2.49. The molecule has 1 N–H and O–H groups in total. The first-order valence-electron chi connectivity index (χ1n) is 6.67. The SMILES string of the molecule is COC(=O)c1ccc(NCc2cccc(C)c2)c([N+](=O)[O-])c1. The summed E-state index contributed by atoms with van der Waals surface area (Å²) in [7, 11) is 1.23. The molecule has 0 spiro atoms. The van der Waals surface area contributed by atoms with Crippen LogP contribution in [0.3, 0.4) is 0 Å². The maximum absolute atomic E-state index is 11.5. The number of anilines is 1. The predicted octanol–water partition coefficient (Wildman–Crippen LogP) is 3.30. The number of nitro groups is 1. The van der Waals surface area contributed by atoms with Crippen LogP contribution in [0.15, 0.2) is 42.5 Å². The zero-order chi connectivity index (χ0) is 16.1. The van der Waals surface area contributed by atoms with Crippen molar-refractivity contribution in [2.75, 3.05) is 12.4 Å². The first kappa shape index (κ1) is 15.5. The van der Waals surface area contributed by atoms with Crippen molar-refractivity contribution in [3.05, 3.63) is 69.3 Å². The Labute approximate surface area is 127 Å². The molecule has 0 aliphatic carbocycles. The molecule has 0 unspecified atom stereocenters. The molecule has 0 saturated carbocycles. The Morgan fingerprint density at radius 3 is 2.68 bits per heavy atom. The fraction of sp³-hybridized carbons (Fsp3) is 0.188. The Bertz CT molecular complexity index is 713. The van der Waals surface area contributed by atoms with Gasteiger partial charge in [0.25, 0.3) is 5.69 Å². The van der Waals surface area contributed by atoms with E-state index in [0.29, 0.717) is 12.2 Å². The highest BCUT2D eigenvalue weighted by molar-refractivity contribution is 5.91. The second-order valence-electron chi connectivity index (χ2n) is 4.82. The van der Waals surface area contributed by atoms with Crippen molar-refractivity contribution in [1.29, 1.82) is 0 Å². The van der Waals surface area contributed by atoms with Gasteiger partial charge < -0.3 is 10.1 Å². The van der Waals surface area contributed by atoms with E-state index < -0.39 is 10.9 Å². The van der Waals surface area contributed by atoms with Crippen LogP contribution in [0.25, 0.3) is 0 Å². The normalized spacial score (nSPS) is 10.1. The molecule has 0 amide bonds. The van der Waals surface area contributed by atoms with Crippen molar-refractivity contribution in [2.24, 2.45) is 0 Å². The second-order valence-corrected chi connectivity index (χ2v) is 4.82. The second kappa shape index (κ2) is 6.71. The number of ether oxygens (including phenoxy) is 1. The summed E-state index contributed by atoms with van der Waals surface area (Å²) in [5.74, 6) is -0.603. The number of carbonyl (C=O) groups is 1. The lowest BCUT2D eigenvalue weighted by atomic mass is 10.1. The van der Waals surface area contributed by atoms with E-state index in [-0.39, 0.29) is 11.3 Å². The highest BCUT2D eigenvalue weighted by Gasteiger charge is 2.17. The highest BCUT2D eigenvalue weighted by Crippen LogP contribution is 2.26. The van der Waals surface area contributed by atoms with Gasteiger partial charge in [-0.15, -0.1) is 0 Å². The molecule has 2 rings (SSSR count). The molecule has 0 saturated heterocycles. The first-order valence-corrected chi connectivity index (χ1v) is 6.67. The largest absolute Gasteiger partial charge is 0.465 e. The molecule has 0 aromatic heterocycles. The molecule has 2 aromatic rings. The van der Waals surface area contributed by atoms with Crippen LogP contribution in [0.4, 0.5) is 11.4 Å². The minimum atomic E-state index is -0.603. The van der Waals surface area contributed by atoms with Crippen molar-refractivity contribution in [2.45, 2.75) is 13.5 Å². The van der Waals surface area contributed by atoms with Gasteiger partial charge in [-0.25, -0.2) is 4.79 Å². The third-order valence-electron chi connectivity index (χ3n) is 3.18. The molecule has 0 aliphatic rings. The first-order chi connectivity index (χ1) is 10.5. The number of carbonyl (C=O) groups excluding carboxylic acids is 1. The zero-order valence-corrected chi connectivity index (χ0v) is 12.3. The van der Waals surface area contributed by atoms with E-state index >= 15 is 0 Å². The van der Waals surface area contributed by atoms with Gasteiger partial charge >= 0.3 is 5.97 Å². The van der Waals surface area contributed by atoms with Gasteiger partial charge in [-0.05, 0) is 24.6 Å². The van der Waals surface area contributed by atoms with E-state index in [1.165, 1.54) is 25.3 Å². The van der Waals surface area contributed by atoms with Crippen LogP contribution in [-0.4, -0.2) is 18.0 Å². The predicted molar refractivity (Wildman–Crippen MR) is 82.9 cm³/mol. The summed E-state index contributed by atoms with van der Waals surface area (Å²) >= 11 is 0. The maximum Gasteiger partial charge on any atom is 0.338 e. The van der Waals surface area contributed by atoms with Gasteiger partial charge in [0.1, 0.15) is 5.69 Å². The topological polar surface area (TPSA) is 81.5 Å². The lowest BCUT2D eigenvalue weighted by molar-refractivity contribution is -0.384. The molecule has 6 heteroatoms. The van der Waals surface area contributed by atoms with E-state index in [0.717, 1.165) is 11.1 Å². The minimum absolute atomic E-state index is 0.148. The lowest BCUT2D eigenvalue weighted by Crippen LogP contribution is -2.06. The number of rotatable bonds is 5. The molecule has 6 nitrogen and oxygen atoms in total. The average Bonchev–Trinajstić information content (AvgIpc) is 2.52. The molecule has 0 bridgehead atoms. The lowest BCUT2D eigenvalue weighted by Gasteiger charge is -2.09. The average molecular weight is 300 g/mol. The third kappa shape index (κ3) is 3.60. The molecule has 22 heavy (non-hydrogen) atoms. The van der Waals surface area contributed by atoms with Crippen LogP contribution in [0, 0.1) is 17.0 Å². The molecular formula is C16H16N2O4. The Morgan fingerprint density at radius 2 is 2.05 bits per heavy atom. The molecule has 0 aliphatic heterocycles. The number of nitrogens with zero attached hydrogens (tertiary/aromatic N) is 1. The van der Waals surface area contributed by atoms with Crippen molar-refractivity contribution in [1.82, 2.24) is 0 Å². The standard InChI is InChI=1S/C16H16N2O4/c1-11-4-3-5-12(8-11)10-17-14-7-6-13(16(19)22-2)9-15(14)18(20)21/h3-9,17H,10H2,1-2H3. The van der Waals surface area contributed by atoms with Crippen LogP contribution in [0.5, 0.6) is 0 Å².